The molecular formula is C11H10FN3O2. The van der Waals surface area contributed by atoms with Gasteiger partial charge in [-0.05, 0) is 13.0 Å². The standard InChI is InChI=1S/C11H10FN3O2/c1-7-2-8(3-10(12)14-7)9-4-15(6-13-9)5-11(16)17/h2-4,6H,5H2,1H3,(H,16,17). The Bertz CT molecular complexity index is 545. The highest BCUT2D eigenvalue weighted by Gasteiger charge is 2.07. The Morgan fingerprint density at radius 2 is 2.29 bits per heavy atom. The number of pyridine rings is 1. The summed E-state index contributed by atoms with van der Waals surface area (Å²) in [5, 5.41) is 8.62. The Hall–Kier alpha value is -2.24. The Labute approximate surface area is 96.6 Å². The van der Waals surface area contributed by atoms with Crippen LogP contribution in [0.2, 0.25) is 0 Å². The topological polar surface area (TPSA) is 68.0 Å². The molecule has 0 spiro atoms. The Morgan fingerprint density at radius 3 is 2.94 bits per heavy atom. The van der Waals surface area contributed by atoms with Crippen molar-refractivity contribution in [1.82, 2.24) is 14.5 Å². The zero-order chi connectivity index (χ0) is 12.4. The van der Waals surface area contributed by atoms with Gasteiger partial charge in [0.25, 0.3) is 0 Å². The van der Waals surface area contributed by atoms with E-state index in [9.17, 15) is 9.18 Å². The zero-order valence-corrected chi connectivity index (χ0v) is 9.09. The van der Waals surface area contributed by atoms with E-state index < -0.39 is 11.9 Å². The van der Waals surface area contributed by atoms with Crippen LogP contribution in [0.3, 0.4) is 0 Å². The molecule has 2 aromatic rings. The molecule has 0 aliphatic carbocycles. The van der Waals surface area contributed by atoms with Gasteiger partial charge in [-0.2, -0.15) is 4.39 Å². The Morgan fingerprint density at radius 1 is 1.53 bits per heavy atom. The van der Waals surface area contributed by atoms with Crippen LogP contribution in [0, 0.1) is 12.9 Å². The molecule has 17 heavy (non-hydrogen) atoms. The number of aryl methyl sites for hydroxylation is 1. The summed E-state index contributed by atoms with van der Waals surface area (Å²) >= 11 is 0. The molecule has 0 atom stereocenters. The molecule has 0 aromatic carbocycles. The van der Waals surface area contributed by atoms with Gasteiger partial charge in [0.2, 0.25) is 5.95 Å². The van der Waals surface area contributed by atoms with Gasteiger partial charge >= 0.3 is 5.97 Å². The number of hydrogen-bond acceptors (Lipinski definition) is 3. The van der Waals surface area contributed by atoms with Gasteiger partial charge in [-0.1, -0.05) is 0 Å². The Kier molecular flexibility index (Phi) is 2.86. The van der Waals surface area contributed by atoms with E-state index in [4.69, 9.17) is 5.11 Å². The van der Waals surface area contributed by atoms with E-state index in [1.807, 2.05) is 0 Å². The van der Waals surface area contributed by atoms with Crippen LogP contribution in [0.1, 0.15) is 5.69 Å². The molecule has 0 saturated carbocycles. The number of carbonyl (C=O) groups is 1. The van der Waals surface area contributed by atoms with Gasteiger partial charge in [-0.3, -0.25) is 4.79 Å². The molecule has 0 radical (unpaired) electrons. The molecule has 2 aromatic heterocycles. The van der Waals surface area contributed by atoms with Crippen molar-refractivity contribution in [1.29, 1.82) is 0 Å². The third-order valence-electron chi connectivity index (χ3n) is 2.17. The smallest absolute Gasteiger partial charge is 0.323 e. The first kappa shape index (κ1) is 11.3. The average molecular weight is 235 g/mol. The largest absolute Gasteiger partial charge is 0.480 e. The third kappa shape index (κ3) is 2.66. The molecule has 0 bridgehead atoms. The number of hydrogen-bond donors (Lipinski definition) is 1. The predicted octanol–water partition coefficient (Wildman–Crippen LogP) is 1.48. The summed E-state index contributed by atoms with van der Waals surface area (Å²) in [6, 6.07) is 2.96. The van der Waals surface area contributed by atoms with Crippen LogP contribution in [-0.2, 0) is 11.3 Å². The number of carboxylic acids is 1. The molecular weight excluding hydrogens is 225 g/mol. The minimum absolute atomic E-state index is 0.167. The van der Waals surface area contributed by atoms with E-state index >= 15 is 0 Å². The van der Waals surface area contributed by atoms with Gasteiger partial charge in [-0.15, -0.1) is 0 Å². The molecule has 0 fully saturated rings. The van der Waals surface area contributed by atoms with Gasteiger partial charge in [0, 0.05) is 23.5 Å². The van der Waals surface area contributed by atoms with Crippen molar-refractivity contribution in [2.24, 2.45) is 0 Å². The highest BCUT2D eigenvalue weighted by molar-refractivity contribution is 5.67. The second-order valence-electron chi connectivity index (χ2n) is 3.64. The number of aliphatic carboxylic acids is 1. The lowest BCUT2D eigenvalue weighted by molar-refractivity contribution is -0.137. The maximum atomic E-state index is 13.1. The second kappa shape index (κ2) is 4.32. The summed E-state index contributed by atoms with van der Waals surface area (Å²) in [6.07, 6.45) is 2.96. The van der Waals surface area contributed by atoms with E-state index in [0.717, 1.165) is 0 Å². The molecule has 0 amide bonds. The van der Waals surface area contributed by atoms with Crippen molar-refractivity contribution >= 4 is 5.97 Å². The van der Waals surface area contributed by atoms with Crippen LogP contribution in [0.4, 0.5) is 4.39 Å². The number of imidazole rings is 1. The number of rotatable bonds is 3. The van der Waals surface area contributed by atoms with Crippen LogP contribution >= 0.6 is 0 Å². The first-order valence-electron chi connectivity index (χ1n) is 4.93. The maximum Gasteiger partial charge on any atom is 0.323 e. The molecule has 1 N–H and O–H groups in total. The molecule has 2 rings (SSSR count). The van der Waals surface area contributed by atoms with E-state index in [0.29, 0.717) is 17.0 Å². The van der Waals surface area contributed by atoms with E-state index in [-0.39, 0.29) is 6.54 Å². The predicted molar refractivity (Wildman–Crippen MR) is 57.8 cm³/mol. The minimum atomic E-state index is -0.953. The van der Waals surface area contributed by atoms with Gasteiger partial charge in [-0.25, -0.2) is 9.97 Å². The van der Waals surface area contributed by atoms with Crippen molar-refractivity contribution in [3.8, 4) is 11.3 Å². The maximum absolute atomic E-state index is 13.1. The lowest BCUT2D eigenvalue weighted by Gasteiger charge is -1.99. The first-order chi connectivity index (χ1) is 8.04. The summed E-state index contributed by atoms with van der Waals surface area (Å²) < 4.78 is 14.5. The highest BCUT2D eigenvalue weighted by atomic mass is 19.1. The van der Waals surface area contributed by atoms with Crippen molar-refractivity contribution in [2.45, 2.75) is 13.5 Å². The van der Waals surface area contributed by atoms with Gasteiger partial charge in [0.05, 0.1) is 12.0 Å². The van der Waals surface area contributed by atoms with Gasteiger partial charge in [0.1, 0.15) is 6.54 Å². The number of halogens is 1. The van der Waals surface area contributed by atoms with Gasteiger partial charge in [0.15, 0.2) is 0 Å². The van der Waals surface area contributed by atoms with E-state index in [2.05, 4.69) is 9.97 Å². The summed E-state index contributed by atoms with van der Waals surface area (Å²) in [6.45, 7) is 1.51. The van der Waals surface area contributed by atoms with Crippen LogP contribution in [-0.4, -0.2) is 25.6 Å². The molecule has 0 saturated heterocycles. The molecule has 0 aliphatic heterocycles. The van der Waals surface area contributed by atoms with Crippen LogP contribution in [0.25, 0.3) is 11.3 Å². The molecule has 5 nitrogen and oxygen atoms in total. The first-order valence-corrected chi connectivity index (χ1v) is 4.93. The van der Waals surface area contributed by atoms with Crippen molar-refractivity contribution < 1.29 is 14.3 Å². The second-order valence-corrected chi connectivity index (χ2v) is 3.64. The summed E-state index contributed by atoms with van der Waals surface area (Å²) in [4.78, 5) is 18.2. The van der Waals surface area contributed by atoms with Crippen molar-refractivity contribution in [3.63, 3.8) is 0 Å². The zero-order valence-electron chi connectivity index (χ0n) is 9.09. The molecule has 6 heteroatoms. The monoisotopic (exact) mass is 235 g/mol. The van der Waals surface area contributed by atoms with Crippen LogP contribution in [0.15, 0.2) is 24.7 Å². The lowest BCUT2D eigenvalue weighted by Crippen LogP contribution is -2.06. The normalized spacial score (nSPS) is 10.5. The third-order valence-corrected chi connectivity index (χ3v) is 2.17. The number of aromatic nitrogens is 3. The highest BCUT2D eigenvalue weighted by Crippen LogP contribution is 2.18. The van der Waals surface area contributed by atoms with E-state index in [1.165, 1.54) is 17.0 Å². The molecule has 0 aliphatic rings. The fourth-order valence-corrected chi connectivity index (χ4v) is 1.53. The number of nitrogens with zero attached hydrogens (tertiary/aromatic N) is 3. The minimum Gasteiger partial charge on any atom is -0.480 e. The quantitative estimate of drug-likeness (QED) is 0.818. The fourth-order valence-electron chi connectivity index (χ4n) is 1.53. The SMILES string of the molecule is Cc1cc(-c2cn(CC(=O)O)cn2)cc(F)n1. The van der Waals surface area contributed by atoms with Crippen molar-refractivity contribution in [3.05, 3.63) is 36.3 Å². The lowest BCUT2D eigenvalue weighted by atomic mass is 10.2. The molecule has 0 unspecified atom stereocenters. The fraction of sp³-hybridized carbons (Fsp3) is 0.182. The summed E-state index contributed by atoms with van der Waals surface area (Å²) in [5.41, 5.74) is 1.66. The van der Waals surface area contributed by atoms with E-state index in [1.54, 1.807) is 19.2 Å². The molecule has 2 heterocycles. The molecule has 88 valence electrons. The Balaban J connectivity index is 2.33. The van der Waals surface area contributed by atoms with Crippen LogP contribution < -0.4 is 0 Å². The average Bonchev–Trinajstić information content (AvgIpc) is 2.63. The number of carboxylic acid groups (broad SMARTS) is 1. The summed E-state index contributed by atoms with van der Waals surface area (Å²) in [5.74, 6) is -1.53. The van der Waals surface area contributed by atoms with Gasteiger partial charge < -0.3 is 9.67 Å². The van der Waals surface area contributed by atoms with Crippen molar-refractivity contribution in [2.75, 3.05) is 0 Å². The van der Waals surface area contributed by atoms with Crippen LogP contribution in [0.5, 0.6) is 0 Å². The summed E-state index contributed by atoms with van der Waals surface area (Å²) in [7, 11) is 0.